The molecule has 1 aliphatic heterocycles. The summed E-state index contributed by atoms with van der Waals surface area (Å²) in [5.41, 5.74) is 1.50. The van der Waals surface area contributed by atoms with E-state index < -0.39 is 5.97 Å². The first-order valence-electron chi connectivity index (χ1n) is 6.01. The van der Waals surface area contributed by atoms with Gasteiger partial charge < -0.3 is 15.0 Å². The van der Waals surface area contributed by atoms with Crippen molar-refractivity contribution in [3.8, 4) is 0 Å². The number of nitrogens with one attached hydrogen (secondary N) is 1. The molecule has 2 heterocycles. The molecule has 2 aromatic rings. The predicted octanol–water partition coefficient (Wildman–Crippen LogP) is 2.67. The first-order chi connectivity index (χ1) is 10.1. The topological polar surface area (TPSA) is 71.5 Å². The summed E-state index contributed by atoms with van der Waals surface area (Å²) >= 11 is 7.07. The minimum atomic E-state index is -0.543. The molecule has 0 bridgehead atoms. The third-order valence-electron chi connectivity index (χ3n) is 2.95. The number of fused-ring (bicyclic) bond motifs is 1. The predicted molar refractivity (Wildman–Crippen MR) is 80.5 cm³/mol. The number of anilines is 3. The Labute approximate surface area is 129 Å². The van der Waals surface area contributed by atoms with Crippen LogP contribution in [0.3, 0.4) is 0 Å². The Balaban J connectivity index is 2.05. The van der Waals surface area contributed by atoms with Gasteiger partial charge in [-0.15, -0.1) is 0 Å². The van der Waals surface area contributed by atoms with Crippen LogP contribution < -0.4 is 10.2 Å². The van der Waals surface area contributed by atoms with E-state index in [2.05, 4.69) is 15.0 Å². The fraction of sp³-hybridized carbons (Fsp3) is 0.154. The number of hydrogen-bond acceptors (Lipinski definition) is 6. The quantitative estimate of drug-likeness (QED) is 0.860. The average Bonchev–Trinajstić information content (AvgIpc) is 2.87. The van der Waals surface area contributed by atoms with Gasteiger partial charge in [0.05, 0.1) is 18.5 Å². The lowest BCUT2D eigenvalue weighted by Gasteiger charge is -2.28. The number of ether oxygens (including phenoxy) is 1. The normalized spacial score (nSPS) is 13.6. The monoisotopic (exact) mass is 323 g/mol. The van der Waals surface area contributed by atoms with E-state index in [-0.39, 0.29) is 22.5 Å². The molecule has 0 aliphatic carbocycles. The van der Waals surface area contributed by atoms with Crippen molar-refractivity contribution in [1.82, 2.24) is 4.98 Å². The van der Waals surface area contributed by atoms with Crippen LogP contribution in [-0.4, -0.2) is 30.5 Å². The van der Waals surface area contributed by atoms with Gasteiger partial charge in [-0.3, -0.25) is 4.79 Å². The minimum absolute atomic E-state index is 0.0744. The van der Waals surface area contributed by atoms with Crippen molar-refractivity contribution in [3.63, 3.8) is 0 Å². The van der Waals surface area contributed by atoms with E-state index in [4.69, 9.17) is 11.6 Å². The van der Waals surface area contributed by atoms with Gasteiger partial charge in [0.2, 0.25) is 5.91 Å². The zero-order valence-electron chi connectivity index (χ0n) is 10.9. The van der Waals surface area contributed by atoms with Gasteiger partial charge in [-0.2, -0.15) is 0 Å². The van der Waals surface area contributed by atoms with Crippen LogP contribution in [0.25, 0.3) is 0 Å². The Hall–Kier alpha value is -2.12. The Morgan fingerprint density at radius 3 is 3.00 bits per heavy atom. The summed E-state index contributed by atoms with van der Waals surface area (Å²) in [6.07, 6.45) is 0. The van der Waals surface area contributed by atoms with Crippen molar-refractivity contribution in [2.45, 2.75) is 0 Å². The minimum Gasteiger partial charge on any atom is -0.465 e. The number of thiazole rings is 1. The standard InChI is InChI=1S/C13H10ClN3O3S/c1-20-12(19)10-11(14)16-13(21-10)17-6-9(18)15-7-4-2-3-5-8(7)17/h2-5H,6H2,1H3,(H,15,18). The second kappa shape index (κ2) is 5.34. The summed E-state index contributed by atoms with van der Waals surface area (Å²) in [6.45, 7) is 0.113. The third-order valence-corrected chi connectivity index (χ3v) is 4.39. The van der Waals surface area contributed by atoms with Gasteiger partial charge in [-0.25, -0.2) is 9.78 Å². The van der Waals surface area contributed by atoms with Crippen LogP contribution in [0.4, 0.5) is 16.5 Å². The highest BCUT2D eigenvalue weighted by molar-refractivity contribution is 7.18. The molecule has 0 saturated heterocycles. The number of amides is 1. The number of esters is 1. The van der Waals surface area contributed by atoms with Gasteiger partial charge >= 0.3 is 5.97 Å². The molecule has 1 aromatic heterocycles. The number of carbonyl (C=O) groups is 2. The van der Waals surface area contributed by atoms with E-state index in [1.807, 2.05) is 18.2 Å². The van der Waals surface area contributed by atoms with E-state index in [0.717, 1.165) is 17.0 Å². The molecule has 108 valence electrons. The molecular weight excluding hydrogens is 314 g/mol. The second-order valence-electron chi connectivity index (χ2n) is 4.26. The molecule has 1 aromatic carbocycles. The summed E-state index contributed by atoms with van der Waals surface area (Å²) < 4.78 is 4.66. The van der Waals surface area contributed by atoms with Crippen molar-refractivity contribution < 1.29 is 14.3 Å². The molecular formula is C13H10ClN3O3S. The highest BCUT2D eigenvalue weighted by atomic mass is 35.5. The molecule has 21 heavy (non-hydrogen) atoms. The first kappa shape index (κ1) is 13.8. The maximum atomic E-state index is 11.8. The molecule has 0 spiro atoms. The lowest BCUT2D eigenvalue weighted by molar-refractivity contribution is -0.115. The summed E-state index contributed by atoms with van der Waals surface area (Å²) in [5.74, 6) is -0.696. The maximum absolute atomic E-state index is 11.8. The Kier molecular flexibility index (Phi) is 3.52. The van der Waals surface area contributed by atoms with E-state index in [9.17, 15) is 9.59 Å². The molecule has 1 aliphatic rings. The van der Waals surface area contributed by atoms with Gasteiger partial charge in [0.1, 0.15) is 6.54 Å². The van der Waals surface area contributed by atoms with Crippen LogP contribution in [0.2, 0.25) is 5.15 Å². The zero-order chi connectivity index (χ0) is 15.0. The molecule has 0 unspecified atom stereocenters. The number of halogens is 1. The largest absolute Gasteiger partial charge is 0.465 e. The second-order valence-corrected chi connectivity index (χ2v) is 5.59. The van der Waals surface area contributed by atoms with Crippen LogP contribution in [0.15, 0.2) is 24.3 Å². The van der Waals surface area contributed by atoms with E-state index in [1.165, 1.54) is 7.11 Å². The number of aromatic nitrogens is 1. The van der Waals surface area contributed by atoms with Crippen LogP contribution in [0, 0.1) is 0 Å². The van der Waals surface area contributed by atoms with Crippen LogP contribution in [-0.2, 0) is 9.53 Å². The van der Waals surface area contributed by atoms with Crippen molar-refractivity contribution in [3.05, 3.63) is 34.3 Å². The summed E-state index contributed by atoms with van der Waals surface area (Å²) in [4.78, 5) is 29.5. The number of nitrogens with zero attached hydrogens (tertiary/aromatic N) is 2. The fourth-order valence-corrected chi connectivity index (χ4v) is 3.24. The molecule has 0 radical (unpaired) electrons. The van der Waals surface area contributed by atoms with Crippen LogP contribution in [0.5, 0.6) is 0 Å². The zero-order valence-corrected chi connectivity index (χ0v) is 12.5. The van der Waals surface area contributed by atoms with Crippen LogP contribution >= 0.6 is 22.9 Å². The average molecular weight is 324 g/mol. The lowest BCUT2D eigenvalue weighted by atomic mass is 10.2. The van der Waals surface area contributed by atoms with Gasteiger partial charge in [0.15, 0.2) is 15.2 Å². The van der Waals surface area contributed by atoms with E-state index in [1.54, 1.807) is 11.0 Å². The number of benzene rings is 1. The van der Waals surface area contributed by atoms with Crippen molar-refractivity contribution in [1.29, 1.82) is 0 Å². The molecule has 0 saturated carbocycles. The number of rotatable bonds is 2. The Bertz CT molecular complexity index is 731. The molecule has 1 amide bonds. The van der Waals surface area contributed by atoms with Crippen molar-refractivity contribution >= 4 is 51.3 Å². The SMILES string of the molecule is COC(=O)c1sc(N2CC(=O)Nc3ccccc32)nc1Cl. The smallest absolute Gasteiger partial charge is 0.351 e. The molecule has 0 fully saturated rings. The first-order valence-corrected chi connectivity index (χ1v) is 7.20. The maximum Gasteiger partial charge on any atom is 0.351 e. The number of carbonyl (C=O) groups excluding carboxylic acids is 2. The number of methoxy groups -OCH3 is 1. The molecule has 8 heteroatoms. The lowest BCUT2D eigenvalue weighted by Crippen LogP contribution is -2.34. The highest BCUT2D eigenvalue weighted by Crippen LogP contribution is 2.38. The van der Waals surface area contributed by atoms with Crippen LogP contribution in [0.1, 0.15) is 9.67 Å². The molecule has 1 N–H and O–H groups in total. The van der Waals surface area contributed by atoms with Gasteiger partial charge in [-0.1, -0.05) is 35.1 Å². The van der Waals surface area contributed by atoms with Gasteiger partial charge in [0, 0.05) is 0 Å². The molecule has 0 atom stereocenters. The number of para-hydroxylation sites is 2. The summed E-state index contributed by atoms with van der Waals surface area (Å²) in [5, 5.41) is 3.34. The molecule has 6 nitrogen and oxygen atoms in total. The Morgan fingerprint density at radius 1 is 1.48 bits per heavy atom. The highest BCUT2D eigenvalue weighted by Gasteiger charge is 2.27. The summed E-state index contributed by atoms with van der Waals surface area (Å²) in [6, 6.07) is 7.36. The Morgan fingerprint density at radius 2 is 2.24 bits per heavy atom. The van der Waals surface area contributed by atoms with E-state index >= 15 is 0 Å². The molecule has 3 rings (SSSR count). The van der Waals surface area contributed by atoms with Crippen molar-refractivity contribution in [2.75, 3.05) is 23.9 Å². The number of hydrogen-bond donors (Lipinski definition) is 1. The van der Waals surface area contributed by atoms with Gasteiger partial charge in [-0.05, 0) is 12.1 Å². The summed E-state index contributed by atoms with van der Waals surface area (Å²) in [7, 11) is 1.28. The third kappa shape index (κ3) is 2.45. The van der Waals surface area contributed by atoms with Crippen molar-refractivity contribution in [2.24, 2.45) is 0 Å². The van der Waals surface area contributed by atoms with E-state index in [0.29, 0.717) is 10.8 Å². The van der Waals surface area contributed by atoms with Gasteiger partial charge in [0.25, 0.3) is 0 Å². The fourth-order valence-electron chi connectivity index (χ4n) is 2.03.